The summed E-state index contributed by atoms with van der Waals surface area (Å²) in [6.07, 6.45) is 1.72. The van der Waals surface area contributed by atoms with Crippen molar-refractivity contribution in [2.24, 2.45) is 0 Å². The first kappa shape index (κ1) is 14.9. The van der Waals surface area contributed by atoms with Crippen LogP contribution in [0.5, 0.6) is 0 Å². The van der Waals surface area contributed by atoms with Crippen LogP contribution in [0.15, 0.2) is 35.3 Å². The third kappa shape index (κ3) is 3.96. The van der Waals surface area contributed by atoms with Gasteiger partial charge in [-0.25, -0.2) is 0 Å². The van der Waals surface area contributed by atoms with Crippen LogP contribution in [-0.2, 0) is 4.74 Å². The van der Waals surface area contributed by atoms with Crippen molar-refractivity contribution < 1.29 is 9.53 Å². The summed E-state index contributed by atoms with van der Waals surface area (Å²) >= 11 is 3.43. The zero-order valence-corrected chi connectivity index (χ0v) is 12.4. The van der Waals surface area contributed by atoms with Gasteiger partial charge in [-0.2, -0.15) is 0 Å². The number of benzene rings is 1. The molecule has 0 aromatic heterocycles. The number of hydrogen-bond donors (Lipinski definition) is 0. The maximum Gasteiger partial charge on any atom is 0.255 e. The van der Waals surface area contributed by atoms with E-state index >= 15 is 0 Å². The molecule has 0 heterocycles. The van der Waals surface area contributed by atoms with Crippen LogP contribution in [-0.4, -0.2) is 37.6 Å². The van der Waals surface area contributed by atoms with E-state index in [1.54, 1.807) is 18.1 Å². The van der Waals surface area contributed by atoms with Crippen LogP contribution >= 0.6 is 15.9 Å². The highest BCUT2D eigenvalue weighted by Gasteiger charge is 2.16. The van der Waals surface area contributed by atoms with Gasteiger partial charge in [0.15, 0.2) is 0 Å². The fourth-order valence-corrected chi connectivity index (χ4v) is 2.26. The van der Waals surface area contributed by atoms with Gasteiger partial charge in [0.05, 0.1) is 12.2 Å². The van der Waals surface area contributed by atoms with Crippen LogP contribution in [0.2, 0.25) is 0 Å². The Kier molecular flexibility index (Phi) is 6.09. The molecule has 1 aromatic rings. The lowest BCUT2D eigenvalue weighted by Crippen LogP contribution is -2.34. The van der Waals surface area contributed by atoms with Crippen LogP contribution in [0.4, 0.5) is 0 Å². The number of rotatable bonds is 6. The monoisotopic (exact) mass is 311 g/mol. The number of carbonyl (C=O) groups excluding carboxylic acids is 1. The summed E-state index contributed by atoms with van der Waals surface area (Å²) in [5.41, 5.74) is 1.78. The molecule has 1 rings (SSSR count). The van der Waals surface area contributed by atoms with Crippen LogP contribution in [0.25, 0.3) is 0 Å². The fraction of sp³-hybridized carbons (Fsp3) is 0.357. The number of hydrogen-bond acceptors (Lipinski definition) is 2. The molecule has 1 aromatic carbocycles. The zero-order valence-electron chi connectivity index (χ0n) is 10.8. The van der Waals surface area contributed by atoms with Crippen molar-refractivity contribution in [2.45, 2.75) is 6.92 Å². The summed E-state index contributed by atoms with van der Waals surface area (Å²) in [5, 5.41) is 0. The van der Waals surface area contributed by atoms with Crippen molar-refractivity contribution in [1.82, 2.24) is 4.90 Å². The number of methoxy groups -OCH3 is 1. The van der Waals surface area contributed by atoms with E-state index < -0.39 is 0 Å². The third-order valence-electron chi connectivity index (χ3n) is 2.56. The lowest BCUT2D eigenvalue weighted by Gasteiger charge is -2.21. The van der Waals surface area contributed by atoms with Crippen molar-refractivity contribution in [2.75, 3.05) is 26.8 Å². The first-order valence-electron chi connectivity index (χ1n) is 5.75. The molecule has 0 unspecified atom stereocenters. The van der Waals surface area contributed by atoms with Gasteiger partial charge in [-0.1, -0.05) is 12.1 Å². The quantitative estimate of drug-likeness (QED) is 0.756. The minimum atomic E-state index is -0.0150. The highest BCUT2D eigenvalue weighted by Crippen LogP contribution is 2.20. The molecule has 4 heteroatoms. The summed E-state index contributed by atoms with van der Waals surface area (Å²) in [5.74, 6) is -0.0150. The maximum atomic E-state index is 12.4. The molecule has 0 spiro atoms. The molecule has 0 bridgehead atoms. The summed E-state index contributed by atoms with van der Waals surface area (Å²) in [7, 11) is 1.62. The molecule has 1 amide bonds. The first-order valence-corrected chi connectivity index (χ1v) is 6.54. The van der Waals surface area contributed by atoms with E-state index in [9.17, 15) is 4.79 Å². The number of amides is 1. The van der Waals surface area contributed by atoms with Crippen molar-refractivity contribution >= 4 is 21.8 Å². The minimum Gasteiger partial charge on any atom is -0.383 e. The second kappa shape index (κ2) is 7.34. The van der Waals surface area contributed by atoms with Gasteiger partial charge < -0.3 is 9.64 Å². The second-order valence-corrected chi connectivity index (χ2v) is 4.87. The molecule has 3 nitrogen and oxygen atoms in total. The van der Waals surface area contributed by atoms with Crippen molar-refractivity contribution in [1.29, 1.82) is 0 Å². The molecule has 18 heavy (non-hydrogen) atoms. The van der Waals surface area contributed by atoms with Gasteiger partial charge in [-0.3, -0.25) is 4.79 Å². The number of ether oxygens (including phenoxy) is 1. The smallest absolute Gasteiger partial charge is 0.255 e. The van der Waals surface area contributed by atoms with Crippen molar-refractivity contribution in [3.63, 3.8) is 0 Å². The Bertz CT molecular complexity index is 432. The predicted octanol–water partition coefficient (Wildman–Crippen LogP) is 3.03. The Hall–Kier alpha value is -1.13. The van der Waals surface area contributed by atoms with Crippen LogP contribution in [0.1, 0.15) is 15.9 Å². The number of carbonyl (C=O) groups is 1. The molecule has 98 valence electrons. The highest BCUT2D eigenvalue weighted by atomic mass is 79.9. The van der Waals surface area contributed by atoms with E-state index in [-0.39, 0.29) is 5.91 Å². The van der Waals surface area contributed by atoms with Crippen LogP contribution < -0.4 is 0 Å². The first-order chi connectivity index (χ1) is 8.60. The Morgan fingerprint density at radius 2 is 2.28 bits per heavy atom. The van der Waals surface area contributed by atoms with Gasteiger partial charge in [0, 0.05) is 24.7 Å². The summed E-state index contributed by atoms with van der Waals surface area (Å²) in [4.78, 5) is 14.1. The van der Waals surface area contributed by atoms with Crippen LogP contribution in [0, 0.1) is 6.92 Å². The lowest BCUT2D eigenvalue weighted by molar-refractivity contribution is 0.0717. The molecular formula is C14H18BrNO2. The molecule has 0 aliphatic rings. The van der Waals surface area contributed by atoms with Gasteiger partial charge in [-0.05, 0) is 40.5 Å². The molecule has 0 aliphatic heterocycles. The largest absolute Gasteiger partial charge is 0.383 e. The van der Waals surface area contributed by atoms with Crippen molar-refractivity contribution in [3.8, 4) is 0 Å². The van der Waals surface area contributed by atoms with Crippen LogP contribution in [0.3, 0.4) is 0 Å². The standard InChI is InChI=1S/C14H18BrNO2/c1-4-7-16(8-9-18-3)14(17)12-6-5-11(2)10-13(12)15/h4-6,10H,1,7-9H2,2-3H3. The molecule has 0 atom stereocenters. The van der Waals surface area contributed by atoms with E-state index in [1.165, 1.54) is 0 Å². The minimum absolute atomic E-state index is 0.0150. The Labute approximate surface area is 117 Å². The predicted molar refractivity (Wildman–Crippen MR) is 76.9 cm³/mol. The number of halogens is 1. The van der Waals surface area contributed by atoms with Gasteiger partial charge in [0.25, 0.3) is 5.91 Å². The molecule has 0 saturated carbocycles. The second-order valence-electron chi connectivity index (χ2n) is 4.02. The third-order valence-corrected chi connectivity index (χ3v) is 3.21. The molecule has 0 radical (unpaired) electrons. The van der Waals surface area contributed by atoms with E-state index in [0.717, 1.165) is 10.0 Å². The fourth-order valence-electron chi connectivity index (χ4n) is 1.60. The van der Waals surface area contributed by atoms with Crippen molar-refractivity contribution in [3.05, 3.63) is 46.5 Å². The number of aryl methyl sites for hydroxylation is 1. The molecule has 0 N–H and O–H groups in total. The van der Waals surface area contributed by atoms with E-state index in [1.807, 2.05) is 25.1 Å². The summed E-state index contributed by atoms with van der Waals surface area (Å²) in [6.45, 7) is 7.26. The molecule has 0 aliphatic carbocycles. The average molecular weight is 312 g/mol. The zero-order chi connectivity index (χ0) is 13.5. The topological polar surface area (TPSA) is 29.5 Å². The van der Waals surface area contributed by atoms with Gasteiger partial charge in [0.2, 0.25) is 0 Å². The van der Waals surface area contributed by atoms with Gasteiger partial charge in [-0.15, -0.1) is 6.58 Å². The summed E-state index contributed by atoms with van der Waals surface area (Å²) in [6, 6.07) is 5.71. The maximum absolute atomic E-state index is 12.4. The number of nitrogens with zero attached hydrogens (tertiary/aromatic N) is 1. The SMILES string of the molecule is C=CCN(CCOC)C(=O)c1ccc(C)cc1Br. The average Bonchev–Trinajstić information content (AvgIpc) is 2.33. The van der Waals surface area contributed by atoms with Gasteiger partial charge >= 0.3 is 0 Å². The normalized spacial score (nSPS) is 10.2. The molecule has 0 fully saturated rings. The molecule has 0 saturated heterocycles. The highest BCUT2D eigenvalue weighted by molar-refractivity contribution is 9.10. The Morgan fingerprint density at radius 1 is 1.56 bits per heavy atom. The Morgan fingerprint density at radius 3 is 2.83 bits per heavy atom. The summed E-state index contributed by atoms with van der Waals surface area (Å²) < 4.78 is 5.83. The van der Waals surface area contributed by atoms with E-state index in [2.05, 4.69) is 22.5 Å². The Balaban J connectivity index is 2.90. The van der Waals surface area contributed by atoms with E-state index in [4.69, 9.17) is 4.74 Å². The van der Waals surface area contributed by atoms with Gasteiger partial charge in [0.1, 0.15) is 0 Å². The lowest BCUT2D eigenvalue weighted by atomic mass is 10.1. The molecular weight excluding hydrogens is 294 g/mol. The van der Waals surface area contributed by atoms with E-state index in [0.29, 0.717) is 25.3 Å².